The molecule has 0 N–H and O–H groups in total. The molecule has 1 aliphatic heterocycles. The zero-order chi connectivity index (χ0) is 17.1. The third kappa shape index (κ3) is 3.13. The van der Waals surface area contributed by atoms with E-state index in [1.165, 1.54) is 0 Å². The van der Waals surface area contributed by atoms with Crippen LogP contribution in [0.1, 0.15) is 34.8 Å². The maximum absolute atomic E-state index is 12.7. The summed E-state index contributed by atoms with van der Waals surface area (Å²) in [7, 11) is 0. The number of carbonyl (C=O) groups is 1. The van der Waals surface area contributed by atoms with Crippen molar-refractivity contribution >= 4 is 5.91 Å². The van der Waals surface area contributed by atoms with Crippen molar-refractivity contribution in [1.82, 2.24) is 29.4 Å². The van der Waals surface area contributed by atoms with E-state index in [9.17, 15) is 4.79 Å². The molecule has 4 rings (SSSR count). The van der Waals surface area contributed by atoms with Gasteiger partial charge >= 0.3 is 0 Å². The van der Waals surface area contributed by atoms with Gasteiger partial charge in [-0.15, -0.1) is 0 Å². The molecule has 1 aliphatic rings. The highest BCUT2D eigenvalue weighted by Crippen LogP contribution is 2.29. The lowest BCUT2D eigenvalue weighted by molar-refractivity contribution is 0.0705. The van der Waals surface area contributed by atoms with Crippen LogP contribution in [0.5, 0.6) is 0 Å². The van der Waals surface area contributed by atoms with Crippen molar-refractivity contribution in [2.45, 2.75) is 18.8 Å². The summed E-state index contributed by atoms with van der Waals surface area (Å²) in [6, 6.07) is 3.59. The second kappa shape index (κ2) is 6.80. The number of aromatic nitrogens is 5. The molecule has 7 heteroatoms. The molecule has 1 unspecified atom stereocenters. The minimum Gasteiger partial charge on any atom is -0.338 e. The lowest BCUT2D eigenvalue weighted by atomic mass is 9.94. The zero-order valence-corrected chi connectivity index (χ0v) is 13.7. The predicted molar refractivity (Wildman–Crippen MR) is 91.3 cm³/mol. The highest BCUT2D eigenvalue weighted by Gasteiger charge is 2.28. The first-order chi connectivity index (χ1) is 12.3. The Hall–Kier alpha value is -3.09. The zero-order valence-electron chi connectivity index (χ0n) is 13.7. The van der Waals surface area contributed by atoms with Gasteiger partial charge in [-0.1, -0.05) is 0 Å². The highest BCUT2D eigenvalue weighted by atomic mass is 16.2. The molecule has 0 radical (unpaired) electrons. The van der Waals surface area contributed by atoms with E-state index in [0.717, 1.165) is 30.9 Å². The van der Waals surface area contributed by atoms with Gasteiger partial charge in [-0.2, -0.15) is 0 Å². The monoisotopic (exact) mass is 334 g/mol. The van der Waals surface area contributed by atoms with E-state index in [1.807, 2.05) is 15.7 Å². The van der Waals surface area contributed by atoms with Crippen molar-refractivity contribution < 1.29 is 4.79 Å². The Morgan fingerprint density at radius 2 is 2.04 bits per heavy atom. The molecular weight excluding hydrogens is 316 g/mol. The van der Waals surface area contributed by atoms with E-state index in [0.29, 0.717) is 12.1 Å². The van der Waals surface area contributed by atoms with Gasteiger partial charge < -0.3 is 4.90 Å². The Balaban J connectivity index is 1.59. The summed E-state index contributed by atoms with van der Waals surface area (Å²) >= 11 is 0. The predicted octanol–water partition coefficient (Wildman–Crippen LogP) is 2.08. The highest BCUT2D eigenvalue weighted by molar-refractivity contribution is 5.94. The molecule has 126 valence electrons. The standard InChI is InChI=1S/C18H18N6O/c25-18(14-3-1-5-19-11-14)23-9-2-4-15(12-23)16-17(22-7-6-21-16)24-10-8-20-13-24/h1,3,5-8,10-11,13,15H,2,4,9,12H2. The number of amides is 1. The molecule has 0 saturated carbocycles. The minimum atomic E-state index is 0.0193. The SMILES string of the molecule is O=C(c1cccnc1)N1CCCC(c2nccnc2-n2ccnc2)C1. The lowest BCUT2D eigenvalue weighted by Gasteiger charge is -2.33. The Labute approximate surface area is 145 Å². The fraction of sp³-hybridized carbons (Fsp3) is 0.278. The van der Waals surface area contributed by atoms with Crippen molar-refractivity contribution in [3.05, 3.63) is 66.9 Å². The van der Waals surface area contributed by atoms with Crippen LogP contribution in [-0.2, 0) is 0 Å². The van der Waals surface area contributed by atoms with E-state index in [1.54, 1.807) is 49.4 Å². The normalized spacial score (nSPS) is 17.4. The van der Waals surface area contributed by atoms with Gasteiger partial charge in [-0.3, -0.25) is 19.3 Å². The van der Waals surface area contributed by atoms with E-state index >= 15 is 0 Å². The van der Waals surface area contributed by atoms with Crippen LogP contribution in [0.2, 0.25) is 0 Å². The molecule has 1 amide bonds. The number of nitrogens with zero attached hydrogens (tertiary/aromatic N) is 6. The summed E-state index contributed by atoms with van der Waals surface area (Å²) in [6.45, 7) is 1.39. The second-order valence-corrected chi connectivity index (χ2v) is 6.07. The molecule has 0 bridgehead atoms. The van der Waals surface area contributed by atoms with E-state index in [-0.39, 0.29) is 11.8 Å². The van der Waals surface area contributed by atoms with Gasteiger partial charge in [0.1, 0.15) is 6.33 Å². The van der Waals surface area contributed by atoms with Crippen LogP contribution in [-0.4, -0.2) is 48.4 Å². The van der Waals surface area contributed by atoms with E-state index in [4.69, 9.17) is 0 Å². The van der Waals surface area contributed by atoms with Gasteiger partial charge in [0, 0.05) is 56.2 Å². The third-order valence-electron chi connectivity index (χ3n) is 4.46. The number of hydrogen-bond acceptors (Lipinski definition) is 5. The van der Waals surface area contributed by atoms with Crippen molar-refractivity contribution in [3.63, 3.8) is 0 Å². The molecule has 0 spiro atoms. The average molecular weight is 334 g/mol. The van der Waals surface area contributed by atoms with E-state index in [2.05, 4.69) is 19.9 Å². The van der Waals surface area contributed by atoms with Crippen molar-refractivity contribution in [1.29, 1.82) is 0 Å². The third-order valence-corrected chi connectivity index (χ3v) is 4.46. The molecule has 3 aromatic heterocycles. The molecule has 25 heavy (non-hydrogen) atoms. The van der Waals surface area contributed by atoms with Gasteiger partial charge in [-0.05, 0) is 25.0 Å². The van der Waals surface area contributed by atoms with Gasteiger partial charge in [0.2, 0.25) is 0 Å². The number of hydrogen-bond donors (Lipinski definition) is 0. The average Bonchev–Trinajstić information content (AvgIpc) is 3.23. The van der Waals surface area contributed by atoms with Gasteiger partial charge in [0.25, 0.3) is 5.91 Å². The molecule has 1 fully saturated rings. The topological polar surface area (TPSA) is 76.8 Å². The van der Waals surface area contributed by atoms with Crippen LogP contribution in [0.4, 0.5) is 0 Å². The molecular formula is C18H18N6O. The van der Waals surface area contributed by atoms with Crippen molar-refractivity contribution in [3.8, 4) is 5.82 Å². The first kappa shape index (κ1) is 15.4. The summed E-state index contributed by atoms with van der Waals surface area (Å²) in [4.78, 5) is 31.8. The van der Waals surface area contributed by atoms with Crippen LogP contribution in [0.15, 0.2) is 55.6 Å². The van der Waals surface area contributed by atoms with Crippen molar-refractivity contribution in [2.24, 2.45) is 0 Å². The molecule has 0 aromatic carbocycles. The Morgan fingerprint density at radius 1 is 1.12 bits per heavy atom. The van der Waals surface area contributed by atoms with Gasteiger partial charge in [0.15, 0.2) is 5.82 Å². The largest absolute Gasteiger partial charge is 0.338 e. The molecule has 4 heterocycles. The first-order valence-corrected chi connectivity index (χ1v) is 8.31. The van der Waals surface area contributed by atoms with Gasteiger partial charge in [-0.25, -0.2) is 9.97 Å². The minimum absolute atomic E-state index is 0.0193. The number of piperidine rings is 1. The number of carbonyl (C=O) groups excluding carboxylic acids is 1. The van der Waals surface area contributed by atoms with Gasteiger partial charge in [0.05, 0.1) is 11.3 Å². The van der Waals surface area contributed by atoms with E-state index < -0.39 is 0 Å². The summed E-state index contributed by atoms with van der Waals surface area (Å²) in [5.41, 5.74) is 1.53. The number of likely N-dealkylation sites (tertiary alicyclic amines) is 1. The molecule has 7 nitrogen and oxygen atoms in total. The maximum Gasteiger partial charge on any atom is 0.255 e. The number of pyridine rings is 1. The smallest absolute Gasteiger partial charge is 0.255 e. The Morgan fingerprint density at radius 3 is 2.84 bits per heavy atom. The Bertz CT molecular complexity index is 849. The molecule has 3 aromatic rings. The summed E-state index contributed by atoms with van der Waals surface area (Å²) in [6.07, 6.45) is 13.9. The molecule has 1 atom stereocenters. The van der Waals surface area contributed by atoms with Crippen LogP contribution < -0.4 is 0 Å². The lowest BCUT2D eigenvalue weighted by Crippen LogP contribution is -2.39. The van der Waals surface area contributed by atoms with Crippen LogP contribution in [0, 0.1) is 0 Å². The summed E-state index contributed by atoms with van der Waals surface area (Å²) < 4.78 is 1.87. The first-order valence-electron chi connectivity index (χ1n) is 8.31. The van der Waals surface area contributed by atoms with Crippen LogP contribution in [0.25, 0.3) is 5.82 Å². The fourth-order valence-corrected chi connectivity index (χ4v) is 3.27. The Kier molecular flexibility index (Phi) is 4.20. The number of imidazole rings is 1. The number of rotatable bonds is 3. The van der Waals surface area contributed by atoms with Crippen molar-refractivity contribution in [2.75, 3.05) is 13.1 Å². The van der Waals surface area contributed by atoms with Crippen LogP contribution >= 0.6 is 0 Å². The fourth-order valence-electron chi connectivity index (χ4n) is 3.27. The molecule has 1 saturated heterocycles. The quantitative estimate of drug-likeness (QED) is 0.733. The summed E-state index contributed by atoms with van der Waals surface area (Å²) in [5.74, 6) is 0.951. The van der Waals surface area contributed by atoms with Crippen LogP contribution in [0.3, 0.4) is 0 Å². The second-order valence-electron chi connectivity index (χ2n) is 6.07. The maximum atomic E-state index is 12.7. The molecule has 0 aliphatic carbocycles. The summed E-state index contributed by atoms with van der Waals surface area (Å²) in [5, 5.41) is 0.